The molecule has 0 aliphatic rings. The van der Waals surface area contributed by atoms with Crippen molar-refractivity contribution in [1.29, 1.82) is 0 Å². The minimum absolute atomic E-state index is 0. The van der Waals surface area contributed by atoms with Gasteiger partial charge in [-0.2, -0.15) is 0 Å². The molecular weight excluding hydrogens is 362 g/mol. The average molecular weight is 400 g/mol. The topological polar surface area (TPSA) is 15.3 Å². The summed E-state index contributed by atoms with van der Waals surface area (Å²) in [5.74, 6) is 0. The Kier molecular flexibility index (Phi) is 30.3. The largest absolute Gasteiger partial charge is 0.358 e. The van der Waals surface area contributed by atoms with Crippen LogP contribution in [0.25, 0.3) is 0 Å². The van der Waals surface area contributed by atoms with Crippen LogP contribution in [0.2, 0.25) is 0 Å². The normalized spacial score (nSPS) is 9.50. The van der Waals surface area contributed by atoms with Crippen molar-refractivity contribution in [2.45, 2.75) is 79.1 Å². The summed E-state index contributed by atoms with van der Waals surface area (Å²) in [6, 6.07) is 0. The van der Waals surface area contributed by atoms with Crippen LogP contribution in [0, 0.1) is 0 Å². The van der Waals surface area contributed by atoms with Crippen LogP contribution in [-0.2, 0) is 19.5 Å². The molecule has 130 valence electrons. The van der Waals surface area contributed by atoms with Crippen molar-refractivity contribution >= 4 is 29.2 Å². The first-order chi connectivity index (χ1) is 10.1. The molecule has 0 aliphatic heterocycles. The van der Waals surface area contributed by atoms with Crippen LogP contribution < -0.4 is 5.32 Å². The maximum atomic E-state index is 5.03. The molecule has 0 aromatic carbocycles. The SMILES string of the molecule is CCCCN(CCCC)C(=S)S.CCCCNCCCC.[Zn]. The van der Waals surface area contributed by atoms with Gasteiger partial charge in [-0.3, -0.25) is 0 Å². The van der Waals surface area contributed by atoms with Gasteiger partial charge in [0.15, 0.2) is 0 Å². The molecule has 1 N–H and O–H groups in total. The first-order valence-corrected chi connectivity index (χ1v) is 9.67. The molecular formula is C17H38N2S2Zn. The predicted molar refractivity (Wildman–Crippen MR) is 106 cm³/mol. The minimum atomic E-state index is 0. The van der Waals surface area contributed by atoms with Crippen LogP contribution in [0.3, 0.4) is 0 Å². The Morgan fingerprint density at radius 2 is 1.18 bits per heavy atom. The molecule has 0 saturated heterocycles. The summed E-state index contributed by atoms with van der Waals surface area (Å²) in [6.45, 7) is 13.4. The molecule has 0 rings (SSSR count). The zero-order valence-corrected chi connectivity index (χ0v) is 20.2. The Morgan fingerprint density at radius 1 is 0.818 bits per heavy atom. The van der Waals surface area contributed by atoms with E-state index < -0.39 is 0 Å². The van der Waals surface area contributed by atoms with Gasteiger partial charge in [0.2, 0.25) is 0 Å². The van der Waals surface area contributed by atoms with E-state index >= 15 is 0 Å². The van der Waals surface area contributed by atoms with Crippen LogP contribution in [0.4, 0.5) is 0 Å². The molecule has 0 atom stereocenters. The molecule has 0 amide bonds. The Hall–Kier alpha value is 0.823. The summed E-state index contributed by atoms with van der Waals surface area (Å²) in [7, 11) is 0. The molecule has 0 bridgehead atoms. The fraction of sp³-hybridized carbons (Fsp3) is 0.941. The summed E-state index contributed by atoms with van der Waals surface area (Å²) in [5, 5.41) is 3.39. The van der Waals surface area contributed by atoms with Crippen LogP contribution >= 0.6 is 24.8 Å². The number of hydrogen-bond donors (Lipinski definition) is 2. The Labute approximate surface area is 163 Å². The third kappa shape index (κ3) is 23.1. The summed E-state index contributed by atoms with van der Waals surface area (Å²) < 4.78 is 0.747. The summed E-state index contributed by atoms with van der Waals surface area (Å²) in [4.78, 5) is 2.19. The maximum Gasteiger partial charge on any atom is 0.133 e. The zero-order chi connectivity index (χ0) is 16.3. The molecule has 0 radical (unpaired) electrons. The third-order valence-electron chi connectivity index (χ3n) is 3.25. The maximum absolute atomic E-state index is 5.03. The Morgan fingerprint density at radius 3 is 1.45 bits per heavy atom. The molecule has 0 aromatic rings. The molecule has 0 heterocycles. The monoisotopic (exact) mass is 398 g/mol. The van der Waals surface area contributed by atoms with Crippen LogP contribution in [0.5, 0.6) is 0 Å². The molecule has 0 aromatic heterocycles. The number of hydrogen-bond acceptors (Lipinski definition) is 2. The second kappa shape index (κ2) is 24.1. The van der Waals surface area contributed by atoms with E-state index in [0.29, 0.717) is 0 Å². The van der Waals surface area contributed by atoms with Crippen LogP contribution in [0.15, 0.2) is 0 Å². The van der Waals surface area contributed by atoms with E-state index in [9.17, 15) is 0 Å². The standard InChI is InChI=1S/C9H19NS2.C8H19N.Zn/c1-3-5-7-10(9(11)12)8-6-4-2;1-3-5-7-9-8-6-4-2;/h3-8H2,1-2H3,(H,11,12);9H,3-8H2,1-2H3;. The second-order valence-electron chi connectivity index (χ2n) is 5.43. The van der Waals surface area contributed by atoms with Gasteiger partial charge in [-0.25, -0.2) is 0 Å². The van der Waals surface area contributed by atoms with Gasteiger partial charge in [0.05, 0.1) is 0 Å². The van der Waals surface area contributed by atoms with Crippen molar-refractivity contribution in [1.82, 2.24) is 10.2 Å². The van der Waals surface area contributed by atoms with Crippen molar-refractivity contribution in [3.05, 3.63) is 0 Å². The second-order valence-corrected chi connectivity index (χ2v) is 6.55. The molecule has 0 spiro atoms. The summed E-state index contributed by atoms with van der Waals surface area (Å²) in [5.41, 5.74) is 0. The average Bonchev–Trinajstić information content (AvgIpc) is 2.47. The van der Waals surface area contributed by atoms with E-state index in [4.69, 9.17) is 12.2 Å². The number of nitrogens with zero attached hydrogens (tertiary/aromatic N) is 1. The van der Waals surface area contributed by atoms with Gasteiger partial charge in [0.1, 0.15) is 4.32 Å². The number of thiocarbonyl (C=S) groups is 1. The predicted octanol–water partition coefficient (Wildman–Crippen LogP) is 5.28. The quantitative estimate of drug-likeness (QED) is 0.201. The summed E-state index contributed by atoms with van der Waals surface area (Å²) >= 11 is 9.23. The van der Waals surface area contributed by atoms with Crippen LogP contribution in [-0.4, -0.2) is 35.4 Å². The van der Waals surface area contributed by atoms with Crippen LogP contribution in [0.1, 0.15) is 79.1 Å². The minimum Gasteiger partial charge on any atom is -0.358 e. The molecule has 22 heavy (non-hydrogen) atoms. The van der Waals surface area contributed by atoms with Gasteiger partial charge < -0.3 is 10.2 Å². The summed E-state index contributed by atoms with van der Waals surface area (Å²) in [6.07, 6.45) is 10.1. The molecule has 0 saturated carbocycles. The van der Waals surface area contributed by atoms with Crippen molar-refractivity contribution < 1.29 is 19.5 Å². The number of unbranched alkanes of at least 4 members (excludes halogenated alkanes) is 4. The Balaban J connectivity index is -0.000000326. The van der Waals surface area contributed by atoms with Gasteiger partial charge in [0.25, 0.3) is 0 Å². The molecule has 0 aliphatic carbocycles. The molecule has 0 fully saturated rings. The first kappa shape index (κ1) is 27.7. The van der Waals surface area contributed by atoms with Crippen molar-refractivity contribution in [3.63, 3.8) is 0 Å². The van der Waals surface area contributed by atoms with Gasteiger partial charge in [-0.05, 0) is 38.8 Å². The van der Waals surface area contributed by atoms with Gasteiger partial charge in [0, 0.05) is 32.6 Å². The first-order valence-electron chi connectivity index (χ1n) is 8.82. The number of thiol groups is 1. The van der Waals surface area contributed by atoms with E-state index in [-0.39, 0.29) is 19.5 Å². The zero-order valence-electron chi connectivity index (χ0n) is 15.5. The van der Waals surface area contributed by atoms with Crippen molar-refractivity contribution in [3.8, 4) is 0 Å². The van der Waals surface area contributed by atoms with Gasteiger partial charge in [-0.15, -0.1) is 12.6 Å². The van der Waals surface area contributed by atoms with Gasteiger partial charge in [-0.1, -0.05) is 65.6 Å². The molecule has 0 unspecified atom stereocenters. The smallest absolute Gasteiger partial charge is 0.133 e. The third-order valence-corrected chi connectivity index (χ3v) is 3.79. The Bertz CT molecular complexity index is 203. The van der Waals surface area contributed by atoms with Crippen molar-refractivity contribution in [2.24, 2.45) is 0 Å². The van der Waals surface area contributed by atoms with E-state index in [0.717, 1.165) is 17.4 Å². The fourth-order valence-electron chi connectivity index (χ4n) is 1.73. The van der Waals surface area contributed by atoms with Crippen molar-refractivity contribution in [2.75, 3.05) is 26.2 Å². The number of nitrogens with one attached hydrogen (secondary N) is 1. The van der Waals surface area contributed by atoms with E-state index in [1.54, 1.807) is 0 Å². The van der Waals surface area contributed by atoms with E-state index in [2.05, 4.69) is 50.5 Å². The molecule has 5 heteroatoms. The van der Waals surface area contributed by atoms with Gasteiger partial charge >= 0.3 is 0 Å². The van der Waals surface area contributed by atoms with E-state index in [1.807, 2.05) is 0 Å². The fourth-order valence-corrected chi connectivity index (χ4v) is 2.11. The van der Waals surface area contributed by atoms with E-state index in [1.165, 1.54) is 64.5 Å². The number of rotatable bonds is 12. The molecule has 2 nitrogen and oxygen atoms in total.